The molecular formula is C25H29ClN8O4. The second kappa shape index (κ2) is 12.5. The fraction of sp³-hybridized carbons (Fsp3) is 0.400. The SMILES string of the molecule is CC.O=C(O)CCCc1nc(-c2ncc(NC(=O)Nc3cnc4ccnn4c3C3CCCC3)cc2Cl)no1. The van der Waals surface area contributed by atoms with Crippen molar-refractivity contribution in [3.63, 3.8) is 0 Å². The summed E-state index contributed by atoms with van der Waals surface area (Å²) in [5, 5.41) is 22.9. The van der Waals surface area contributed by atoms with Gasteiger partial charge in [-0.2, -0.15) is 10.1 Å². The van der Waals surface area contributed by atoms with Crippen LogP contribution in [0, 0.1) is 0 Å². The maximum atomic E-state index is 12.8. The predicted octanol–water partition coefficient (Wildman–Crippen LogP) is 5.56. The minimum atomic E-state index is -0.889. The van der Waals surface area contributed by atoms with E-state index in [0.717, 1.165) is 37.0 Å². The Hall–Kier alpha value is -4.06. The number of carboxylic acid groups (broad SMARTS) is 1. The van der Waals surface area contributed by atoms with Crippen LogP contribution >= 0.6 is 11.6 Å². The normalized spacial score (nSPS) is 13.2. The Balaban J connectivity index is 0.00000164. The number of anilines is 2. The Morgan fingerprint density at radius 2 is 1.97 bits per heavy atom. The molecule has 0 radical (unpaired) electrons. The smallest absolute Gasteiger partial charge is 0.323 e. The number of amides is 2. The molecule has 1 aliphatic carbocycles. The third kappa shape index (κ3) is 6.25. The van der Waals surface area contributed by atoms with Crippen molar-refractivity contribution in [2.45, 2.75) is 64.7 Å². The number of aryl methyl sites for hydroxylation is 1. The van der Waals surface area contributed by atoms with Crippen LogP contribution < -0.4 is 10.6 Å². The minimum absolute atomic E-state index is 0.00711. The first-order chi connectivity index (χ1) is 18.5. The van der Waals surface area contributed by atoms with Gasteiger partial charge in [-0.15, -0.1) is 0 Å². The second-order valence-corrected chi connectivity index (χ2v) is 8.94. The monoisotopic (exact) mass is 540 g/mol. The first-order valence-corrected chi connectivity index (χ1v) is 13.0. The van der Waals surface area contributed by atoms with Crippen molar-refractivity contribution in [1.82, 2.24) is 29.7 Å². The molecule has 2 amide bonds. The van der Waals surface area contributed by atoms with Crippen LogP contribution in [-0.4, -0.2) is 46.8 Å². The van der Waals surface area contributed by atoms with Gasteiger partial charge in [0.1, 0.15) is 5.69 Å². The second-order valence-electron chi connectivity index (χ2n) is 8.53. The van der Waals surface area contributed by atoms with Crippen LogP contribution in [0.15, 0.2) is 35.2 Å². The largest absolute Gasteiger partial charge is 0.481 e. The summed E-state index contributed by atoms with van der Waals surface area (Å²) in [6.07, 6.45) is 9.86. The summed E-state index contributed by atoms with van der Waals surface area (Å²) in [6.45, 7) is 4.00. The molecule has 3 N–H and O–H groups in total. The lowest BCUT2D eigenvalue weighted by Gasteiger charge is -2.17. The molecule has 4 heterocycles. The molecule has 0 spiro atoms. The van der Waals surface area contributed by atoms with Crippen LogP contribution in [0.25, 0.3) is 17.2 Å². The summed E-state index contributed by atoms with van der Waals surface area (Å²) in [6, 6.07) is 2.91. The highest BCUT2D eigenvalue weighted by Gasteiger charge is 2.25. The van der Waals surface area contributed by atoms with E-state index in [1.54, 1.807) is 16.9 Å². The van der Waals surface area contributed by atoms with Gasteiger partial charge in [-0.05, 0) is 25.3 Å². The Bertz CT molecular complexity index is 1410. The Kier molecular flexibility index (Phi) is 8.85. The molecule has 0 aromatic carbocycles. The molecule has 1 aliphatic rings. The molecule has 0 bridgehead atoms. The van der Waals surface area contributed by atoms with E-state index in [-0.39, 0.29) is 23.0 Å². The van der Waals surface area contributed by atoms with Crippen molar-refractivity contribution >= 4 is 40.6 Å². The standard InChI is InChI=1S/C23H23ClN8O4.C2H6/c24-15-10-14(11-26-20(15)22-30-18(36-31-22)6-3-7-19(33)34)28-23(35)29-16-12-25-17-8-9-27-32(17)21(16)13-4-1-2-5-13;1-2/h8-13H,1-7H2,(H,33,34)(H2,28,29,35);1-2H3. The average molecular weight is 541 g/mol. The Labute approximate surface area is 223 Å². The maximum Gasteiger partial charge on any atom is 0.323 e. The van der Waals surface area contributed by atoms with Gasteiger partial charge in [0, 0.05) is 24.8 Å². The van der Waals surface area contributed by atoms with Gasteiger partial charge in [-0.3, -0.25) is 4.79 Å². The first-order valence-electron chi connectivity index (χ1n) is 12.6. The number of pyridine rings is 1. The van der Waals surface area contributed by atoms with Crippen molar-refractivity contribution in [3.05, 3.63) is 47.3 Å². The molecule has 0 atom stereocenters. The van der Waals surface area contributed by atoms with Crippen LogP contribution in [0.4, 0.5) is 16.2 Å². The van der Waals surface area contributed by atoms with E-state index >= 15 is 0 Å². The van der Waals surface area contributed by atoms with Gasteiger partial charge in [0.2, 0.25) is 11.7 Å². The number of hydrogen-bond donors (Lipinski definition) is 3. The van der Waals surface area contributed by atoms with Crippen LogP contribution in [-0.2, 0) is 11.2 Å². The van der Waals surface area contributed by atoms with E-state index in [0.29, 0.717) is 36.0 Å². The number of rotatable bonds is 8. The highest BCUT2D eigenvalue weighted by Crippen LogP contribution is 2.37. The minimum Gasteiger partial charge on any atom is -0.481 e. The maximum absolute atomic E-state index is 12.8. The Morgan fingerprint density at radius 1 is 1.18 bits per heavy atom. The zero-order chi connectivity index (χ0) is 27.1. The van der Waals surface area contributed by atoms with Crippen molar-refractivity contribution in [1.29, 1.82) is 0 Å². The van der Waals surface area contributed by atoms with E-state index in [1.165, 1.54) is 12.3 Å². The number of carboxylic acids is 1. The molecule has 38 heavy (non-hydrogen) atoms. The summed E-state index contributed by atoms with van der Waals surface area (Å²) in [5.74, 6) is -0.114. The lowest BCUT2D eigenvalue weighted by atomic mass is 10.0. The quantitative estimate of drug-likeness (QED) is 0.259. The number of aromatic nitrogens is 6. The number of hydrogen-bond acceptors (Lipinski definition) is 8. The van der Waals surface area contributed by atoms with E-state index in [9.17, 15) is 9.59 Å². The molecule has 0 saturated heterocycles. The number of nitrogens with one attached hydrogen (secondary N) is 2. The molecule has 1 saturated carbocycles. The van der Waals surface area contributed by atoms with Crippen LogP contribution in [0.3, 0.4) is 0 Å². The molecule has 13 heteroatoms. The van der Waals surface area contributed by atoms with Gasteiger partial charge in [-0.1, -0.05) is 43.4 Å². The molecule has 5 rings (SSSR count). The number of carbonyl (C=O) groups excluding carboxylic acids is 1. The van der Waals surface area contributed by atoms with E-state index in [1.807, 2.05) is 19.9 Å². The number of urea groups is 1. The number of carbonyl (C=O) groups is 2. The molecule has 12 nitrogen and oxygen atoms in total. The van der Waals surface area contributed by atoms with Crippen LogP contribution in [0.2, 0.25) is 5.02 Å². The fourth-order valence-corrected chi connectivity index (χ4v) is 4.63. The molecular weight excluding hydrogens is 512 g/mol. The van der Waals surface area contributed by atoms with E-state index in [4.69, 9.17) is 21.2 Å². The zero-order valence-corrected chi connectivity index (χ0v) is 21.9. The molecule has 200 valence electrons. The Morgan fingerprint density at radius 3 is 2.71 bits per heavy atom. The third-order valence-corrected chi connectivity index (χ3v) is 6.29. The number of halogens is 1. The lowest BCUT2D eigenvalue weighted by Crippen LogP contribution is -2.22. The van der Waals surface area contributed by atoms with Gasteiger partial charge >= 0.3 is 12.0 Å². The molecule has 0 aliphatic heterocycles. The summed E-state index contributed by atoms with van der Waals surface area (Å²) in [7, 11) is 0. The van der Waals surface area contributed by atoms with Gasteiger partial charge in [0.25, 0.3) is 0 Å². The molecule has 4 aromatic rings. The van der Waals surface area contributed by atoms with Crippen molar-refractivity contribution in [2.75, 3.05) is 10.6 Å². The number of aliphatic carboxylic acids is 1. The van der Waals surface area contributed by atoms with Crippen molar-refractivity contribution in [2.24, 2.45) is 0 Å². The molecule has 1 fully saturated rings. The van der Waals surface area contributed by atoms with Gasteiger partial charge in [0.05, 0.1) is 40.7 Å². The van der Waals surface area contributed by atoms with Crippen LogP contribution in [0.5, 0.6) is 0 Å². The van der Waals surface area contributed by atoms with Crippen molar-refractivity contribution in [3.8, 4) is 11.5 Å². The number of fused-ring (bicyclic) bond motifs is 1. The van der Waals surface area contributed by atoms with E-state index < -0.39 is 12.0 Å². The van der Waals surface area contributed by atoms with Gasteiger partial charge < -0.3 is 20.3 Å². The molecule has 0 unspecified atom stereocenters. The van der Waals surface area contributed by atoms with Crippen molar-refractivity contribution < 1.29 is 19.2 Å². The third-order valence-electron chi connectivity index (χ3n) is 6.00. The lowest BCUT2D eigenvalue weighted by molar-refractivity contribution is -0.137. The topological polar surface area (TPSA) is 160 Å². The highest BCUT2D eigenvalue weighted by molar-refractivity contribution is 6.33. The highest BCUT2D eigenvalue weighted by atomic mass is 35.5. The molecule has 4 aromatic heterocycles. The number of nitrogens with zero attached hydrogens (tertiary/aromatic N) is 6. The average Bonchev–Trinajstić information content (AvgIpc) is 3.67. The zero-order valence-electron chi connectivity index (χ0n) is 21.1. The summed E-state index contributed by atoms with van der Waals surface area (Å²) in [4.78, 5) is 36.3. The van der Waals surface area contributed by atoms with E-state index in [2.05, 4.69) is 35.8 Å². The first kappa shape index (κ1) is 27.0. The van der Waals surface area contributed by atoms with Gasteiger partial charge in [-0.25, -0.2) is 19.3 Å². The predicted molar refractivity (Wildman–Crippen MR) is 141 cm³/mol. The summed E-state index contributed by atoms with van der Waals surface area (Å²) < 4.78 is 6.94. The fourth-order valence-electron chi connectivity index (χ4n) is 4.38. The van der Waals surface area contributed by atoms with Crippen LogP contribution in [0.1, 0.15) is 69.9 Å². The summed E-state index contributed by atoms with van der Waals surface area (Å²) in [5.41, 5.74) is 2.95. The summed E-state index contributed by atoms with van der Waals surface area (Å²) >= 11 is 6.37. The van der Waals surface area contributed by atoms with Gasteiger partial charge in [0.15, 0.2) is 5.65 Å².